The lowest BCUT2D eigenvalue weighted by molar-refractivity contribution is -0.152. The van der Waals surface area contributed by atoms with Crippen molar-refractivity contribution in [3.8, 4) is 0 Å². The van der Waals surface area contributed by atoms with E-state index < -0.39 is 5.79 Å². The van der Waals surface area contributed by atoms with Crippen LogP contribution < -0.4 is 0 Å². The van der Waals surface area contributed by atoms with E-state index >= 15 is 0 Å². The van der Waals surface area contributed by atoms with Crippen LogP contribution in [0.1, 0.15) is 43.5 Å². The molecule has 3 rings (SSSR count). The Morgan fingerprint density at radius 3 is 2.63 bits per heavy atom. The molecule has 0 radical (unpaired) electrons. The molecule has 142 valence electrons. The average Bonchev–Trinajstić information content (AvgIpc) is 3.10. The Bertz CT molecular complexity index is 855. The zero-order valence-corrected chi connectivity index (χ0v) is 16.2. The third-order valence-corrected chi connectivity index (χ3v) is 4.22. The molecular weight excluding hydrogens is 342 g/mol. The summed E-state index contributed by atoms with van der Waals surface area (Å²) in [6, 6.07) is 11.6. The molecule has 6 nitrogen and oxygen atoms in total. The van der Waals surface area contributed by atoms with Crippen molar-refractivity contribution in [3.05, 3.63) is 64.7 Å². The summed E-state index contributed by atoms with van der Waals surface area (Å²) in [5.41, 5.74) is 5.11. The van der Waals surface area contributed by atoms with Gasteiger partial charge in [-0.15, -0.1) is 0 Å². The van der Waals surface area contributed by atoms with Gasteiger partial charge in [0.2, 0.25) is 5.79 Å². The molecule has 2 aromatic heterocycles. The average molecular weight is 367 g/mol. The Morgan fingerprint density at radius 1 is 1.15 bits per heavy atom. The maximum atomic E-state index is 5.67. The first-order valence-electron chi connectivity index (χ1n) is 8.99. The summed E-state index contributed by atoms with van der Waals surface area (Å²) in [6.45, 7) is 9.24. The van der Waals surface area contributed by atoms with Crippen molar-refractivity contribution in [1.82, 2.24) is 9.97 Å². The minimum Gasteiger partial charge on any atom is -0.391 e. The molecule has 0 amide bonds. The topological polar surface area (TPSA) is 65.8 Å². The van der Waals surface area contributed by atoms with Crippen LogP contribution in [0.4, 0.5) is 0 Å². The van der Waals surface area contributed by atoms with Crippen LogP contribution in [0.15, 0.2) is 47.1 Å². The van der Waals surface area contributed by atoms with Crippen molar-refractivity contribution in [1.29, 1.82) is 0 Å². The molecule has 0 N–H and O–H groups in total. The Labute approximate surface area is 159 Å². The SMILES string of the molecule is CC(=Cc1cccc(C2(C)OCCO2)n1)CON=C(C)c1cccc(C)n1. The fraction of sp³-hybridized carbons (Fsp3) is 0.381. The summed E-state index contributed by atoms with van der Waals surface area (Å²) >= 11 is 0. The van der Waals surface area contributed by atoms with Crippen molar-refractivity contribution in [2.45, 2.75) is 33.5 Å². The van der Waals surface area contributed by atoms with E-state index in [1.807, 2.05) is 70.2 Å². The molecule has 0 unspecified atom stereocenters. The molecule has 6 heteroatoms. The van der Waals surface area contributed by atoms with Crippen LogP contribution in [0, 0.1) is 6.92 Å². The van der Waals surface area contributed by atoms with Gasteiger partial charge in [0.1, 0.15) is 12.3 Å². The van der Waals surface area contributed by atoms with Gasteiger partial charge in [-0.1, -0.05) is 17.3 Å². The summed E-state index contributed by atoms with van der Waals surface area (Å²) in [7, 11) is 0. The van der Waals surface area contributed by atoms with E-state index in [0.29, 0.717) is 19.8 Å². The highest BCUT2D eigenvalue weighted by atomic mass is 16.7. The van der Waals surface area contributed by atoms with Crippen LogP contribution in [0.25, 0.3) is 6.08 Å². The summed E-state index contributed by atoms with van der Waals surface area (Å²) in [6.07, 6.45) is 1.97. The second-order valence-corrected chi connectivity index (χ2v) is 6.70. The van der Waals surface area contributed by atoms with Gasteiger partial charge in [0.05, 0.1) is 30.3 Å². The molecule has 27 heavy (non-hydrogen) atoms. The minimum atomic E-state index is -0.767. The van der Waals surface area contributed by atoms with Crippen molar-refractivity contribution in [3.63, 3.8) is 0 Å². The number of ether oxygens (including phenoxy) is 2. The fourth-order valence-electron chi connectivity index (χ4n) is 2.76. The largest absolute Gasteiger partial charge is 0.391 e. The van der Waals surface area contributed by atoms with Gasteiger partial charge in [-0.2, -0.15) is 0 Å². The monoisotopic (exact) mass is 367 g/mol. The van der Waals surface area contributed by atoms with E-state index in [4.69, 9.17) is 14.3 Å². The quantitative estimate of drug-likeness (QED) is 0.573. The Morgan fingerprint density at radius 2 is 1.89 bits per heavy atom. The lowest BCUT2D eigenvalue weighted by atomic mass is 10.1. The minimum absolute atomic E-state index is 0.374. The van der Waals surface area contributed by atoms with Crippen molar-refractivity contribution in [2.75, 3.05) is 19.8 Å². The highest BCUT2D eigenvalue weighted by molar-refractivity contribution is 5.96. The molecule has 0 aromatic carbocycles. The third-order valence-electron chi connectivity index (χ3n) is 4.22. The highest BCUT2D eigenvalue weighted by Crippen LogP contribution is 2.29. The van der Waals surface area contributed by atoms with Crippen molar-refractivity contribution in [2.24, 2.45) is 5.16 Å². The van der Waals surface area contributed by atoms with Gasteiger partial charge in [-0.25, -0.2) is 4.98 Å². The lowest BCUT2D eigenvalue weighted by Crippen LogP contribution is -2.24. The maximum Gasteiger partial charge on any atom is 0.209 e. The van der Waals surface area contributed by atoms with Crippen molar-refractivity contribution >= 4 is 11.8 Å². The maximum absolute atomic E-state index is 5.67. The van der Waals surface area contributed by atoms with Gasteiger partial charge in [0.15, 0.2) is 0 Å². The Hall–Kier alpha value is -2.57. The smallest absolute Gasteiger partial charge is 0.209 e. The molecule has 3 heterocycles. The molecule has 1 fully saturated rings. The Kier molecular flexibility index (Phi) is 5.98. The molecule has 1 saturated heterocycles. The van der Waals surface area contributed by atoms with E-state index in [2.05, 4.69) is 15.1 Å². The number of hydrogen-bond donors (Lipinski definition) is 0. The molecule has 1 aliphatic rings. The predicted octanol–water partition coefficient (Wildman–Crippen LogP) is 3.85. The molecule has 0 atom stereocenters. The molecule has 0 spiro atoms. The molecule has 1 aliphatic heterocycles. The normalized spacial score (nSPS) is 17.2. The van der Waals surface area contributed by atoms with Crippen LogP contribution in [0.3, 0.4) is 0 Å². The number of nitrogens with zero attached hydrogens (tertiary/aromatic N) is 3. The van der Waals surface area contributed by atoms with Gasteiger partial charge in [-0.3, -0.25) is 4.98 Å². The van der Waals surface area contributed by atoms with Gasteiger partial charge in [0.25, 0.3) is 0 Å². The highest BCUT2D eigenvalue weighted by Gasteiger charge is 2.34. The number of aromatic nitrogens is 2. The first kappa shape index (κ1) is 19.2. The zero-order chi connectivity index (χ0) is 19.3. The summed E-state index contributed by atoms with van der Waals surface area (Å²) in [4.78, 5) is 14.5. The summed E-state index contributed by atoms with van der Waals surface area (Å²) in [5, 5.41) is 4.16. The summed E-state index contributed by atoms with van der Waals surface area (Å²) in [5.74, 6) is -0.767. The standard InChI is InChI=1S/C21H25N3O3/c1-15(14-27-24-17(3)19-9-5-7-16(2)22-19)13-18-8-6-10-20(23-18)21(4)25-11-12-26-21/h5-10,13H,11-12,14H2,1-4H3. The molecule has 0 aliphatic carbocycles. The summed E-state index contributed by atoms with van der Waals surface area (Å²) < 4.78 is 11.3. The van der Waals surface area contributed by atoms with Gasteiger partial charge < -0.3 is 14.3 Å². The van der Waals surface area contributed by atoms with E-state index in [9.17, 15) is 0 Å². The van der Waals surface area contributed by atoms with E-state index in [1.165, 1.54) is 0 Å². The van der Waals surface area contributed by atoms with Crippen LogP contribution >= 0.6 is 0 Å². The number of oxime groups is 1. The van der Waals surface area contributed by atoms with Gasteiger partial charge >= 0.3 is 0 Å². The van der Waals surface area contributed by atoms with Crippen molar-refractivity contribution < 1.29 is 14.3 Å². The van der Waals surface area contributed by atoms with Crippen LogP contribution in [-0.4, -0.2) is 35.5 Å². The van der Waals surface area contributed by atoms with E-state index in [-0.39, 0.29) is 0 Å². The van der Waals surface area contributed by atoms with Crippen LogP contribution in [-0.2, 0) is 20.1 Å². The zero-order valence-electron chi connectivity index (χ0n) is 16.2. The van der Waals surface area contributed by atoms with E-state index in [0.717, 1.165) is 34.1 Å². The molecule has 2 aromatic rings. The number of hydrogen-bond acceptors (Lipinski definition) is 6. The number of pyridine rings is 2. The Balaban J connectivity index is 1.63. The van der Waals surface area contributed by atoms with Crippen LogP contribution in [0.5, 0.6) is 0 Å². The second-order valence-electron chi connectivity index (χ2n) is 6.70. The molecule has 0 bridgehead atoms. The molecule has 0 saturated carbocycles. The molecular formula is C21H25N3O3. The predicted molar refractivity (Wildman–Crippen MR) is 104 cm³/mol. The first-order valence-corrected chi connectivity index (χ1v) is 8.99. The second kappa shape index (κ2) is 8.41. The fourth-order valence-corrected chi connectivity index (χ4v) is 2.76. The van der Waals surface area contributed by atoms with E-state index in [1.54, 1.807) is 0 Å². The van der Waals surface area contributed by atoms with Gasteiger partial charge in [-0.05, 0) is 63.6 Å². The van der Waals surface area contributed by atoms with Gasteiger partial charge in [0, 0.05) is 5.69 Å². The van der Waals surface area contributed by atoms with Crippen LogP contribution in [0.2, 0.25) is 0 Å². The lowest BCUT2D eigenvalue weighted by Gasteiger charge is -2.21. The first-order chi connectivity index (χ1) is 13.0. The number of aryl methyl sites for hydroxylation is 1. The number of rotatable bonds is 6. The third kappa shape index (κ3) is 4.99.